The summed E-state index contributed by atoms with van der Waals surface area (Å²) in [4.78, 5) is 39.7. The molecule has 2 aliphatic heterocycles. The summed E-state index contributed by atoms with van der Waals surface area (Å²) in [5.41, 5.74) is 6.76. The Morgan fingerprint density at radius 1 is 1.05 bits per heavy atom. The summed E-state index contributed by atoms with van der Waals surface area (Å²) >= 11 is 6.92. The van der Waals surface area contributed by atoms with Crippen LogP contribution in [0.1, 0.15) is 95.3 Å². The molecule has 2 bridgehead atoms. The van der Waals surface area contributed by atoms with E-state index >= 15 is 0 Å². The number of carbonyl (C=O) groups excluding carboxylic acids is 1. The number of allylic oxidation sites excluding steroid dienone is 1. The fraction of sp³-hybridized carbons (Fsp3) is 0.549. The fourth-order valence-electron chi connectivity index (χ4n) is 12.0. The normalized spacial score (nSPS) is 25.8. The maximum atomic E-state index is 14.3. The van der Waals surface area contributed by atoms with Gasteiger partial charge in [0.05, 0.1) is 16.7 Å². The molecule has 3 atom stereocenters. The van der Waals surface area contributed by atoms with Gasteiger partial charge in [0.1, 0.15) is 22.8 Å². The molecule has 6 fully saturated rings. The van der Waals surface area contributed by atoms with Gasteiger partial charge in [-0.3, -0.25) is 24.5 Å². The van der Waals surface area contributed by atoms with Crippen LogP contribution in [0.25, 0.3) is 11.0 Å². The van der Waals surface area contributed by atoms with E-state index in [0.717, 1.165) is 107 Å². The molecule has 2 saturated heterocycles. The van der Waals surface area contributed by atoms with Crippen LogP contribution in [-0.2, 0) is 4.74 Å². The zero-order valence-electron chi connectivity index (χ0n) is 38.1. The number of rotatable bonds is 13. The number of amides is 1. The number of hydrogen-bond donors (Lipinski definition) is 3. The lowest BCUT2D eigenvalue weighted by Gasteiger charge is -2.52. The zero-order valence-corrected chi connectivity index (χ0v) is 39.7. The van der Waals surface area contributed by atoms with Gasteiger partial charge in [0, 0.05) is 92.2 Å². The number of nitrogens with one attached hydrogen (secondary N) is 3. The number of aromatic nitrogens is 2. The summed E-state index contributed by atoms with van der Waals surface area (Å²) in [6.45, 7) is 13.8. The molecule has 3 N–H and O–H groups in total. The smallest absolute Gasteiger partial charge is 0.293 e. The molecule has 65 heavy (non-hydrogen) atoms. The van der Waals surface area contributed by atoms with Gasteiger partial charge in [-0.1, -0.05) is 35.7 Å². The molecule has 346 valence electrons. The highest BCUT2D eigenvalue weighted by Crippen LogP contribution is 2.57. The van der Waals surface area contributed by atoms with Gasteiger partial charge in [-0.05, 0) is 147 Å². The third-order valence-corrected chi connectivity index (χ3v) is 18.0. The second-order valence-electron chi connectivity index (χ2n) is 20.7. The van der Waals surface area contributed by atoms with Gasteiger partial charge in [0.25, 0.3) is 11.6 Å². The van der Waals surface area contributed by atoms with Crippen LogP contribution in [0.2, 0.25) is 0 Å². The first-order chi connectivity index (χ1) is 31.4. The molecule has 1 amide bonds. The highest BCUT2D eigenvalue weighted by Gasteiger charge is 2.48. The number of benzene rings is 2. The minimum absolute atomic E-state index is 0.00206. The highest BCUT2D eigenvalue weighted by molar-refractivity contribution is 8.13. The molecule has 5 aliphatic carbocycles. The molecule has 12 nitrogen and oxygen atoms in total. The molecule has 4 aromatic rings. The van der Waals surface area contributed by atoms with Crippen LogP contribution in [0.15, 0.2) is 77.0 Å². The topological polar surface area (TPSA) is 138 Å². The van der Waals surface area contributed by atoms with Crippen LogP contribution in [0.3, 0.4) is 0 Å². The third kappa shape index (κ3) is 9.45. The maximum Gasteiger partial charge on any atom is 0.293 e. The number of carbonyl (C=O) groups is 1. The Morgan fingerprint density at radius 3 is 2.60 bits per heavy atom. The Kier molecular flexibility index (Phi) is 12.5. The number of anilines is 2. The van der Waals surface area contributed by atoms with E-state index in [1.165, 1.54) is 32.1 Å². The molecule has 11 rings (SSSR count). The average Bonchev–Trinajstić information content (AvgIpc) is 3.75. The van der Waals surface area contributed by atoms with Gasteiger partial charge >= 0.3 is 0 Å². The fourth-order valence-corrected chi connectivity index (χ4v) is 13.7. The predicted octanol–water partition coefficient (Wildman–Crippen LogP) is 11.0. The lowest BCUT2D eigenvalue weighted by Crippen LogP contribution is -2.48. The third-order valence-electron chi connectivity index (χ3n) is 15.8. The highest BCUT2D eigenvalue weighted by atomic mass is 35.5. The molecule has 2 aromatic heterocycles. The first-order valence-corrected chi connectivity index (χ1v) is 25.6. The Hall–Kier alpha value is -4.43. The van der Waals surface area contributed by atoms with Gasteiger partial charge in [0.2, 0.25) is 0 Å². The standard InChI is InChI=1S/C51H64ClN7O5S/c1-4-65(40-6-8-45(46(25-40)59(61)62)54-30-33-27-51(28-33)12-19-63-20-13-51)56-49(60)41-7-5-38(24-47(41)64-39-23-34-10-14-53-48(34)55-31-39)58-17-15-57(16-18-58)32-35-9-11-50(2,3)29-43(35)42-26-44(52)37-21-36(42)22-37/h4-8,10,14,23-25,31,33,36-37,42,44,54H,9,11-13,15-22,26-30,32H2,1-3H3,(H,53,55)(H,56,60)/t36?,37?,42-,44+,65?/m1/s1. The van der Waals surface area contributed by atoms with Crippen molar-refractivity contribution >= 4 is 61.6 Å². The van der Waals surface area contributed by atoms with E-state index in [1.54, 1.807) is 29.5 Å². The van der Waals surface area contributed by atoms with Crippen LogP contribution in [0.5, 0.6) is 11.5 Å². The molecular formula is C51H64ClN7O5S. The minimum Gasteiger partial charge on any atom is -0.455 e. The quantitative estimate of drug-likeness (QED) is 0.0393. The number of piperazine rings is 1. The van der Waals surface area contributed by atoms with Gasteiger partial charge in [-0.2, -0.15) is 0 Å². The van der Waals surface area contributed by atoms with E-state index in [4.69, 9.17) is 21.1 Å². The summed E-state index contributed by atoms with van der Waals surface area (Å²) in [6.07, 6.45) is 15.4. The van der Waals surface area contributed by atoms with Crippen LogP contribution in [0, 0.1) is 44.6 Å². The molecular weight excluding hydrogens is 858 g/mol. The number of hydrogen-bond acceptors (Lipinski definition) is 9. The first-order valence-electron chi connectivity index (χ1n) is 23.9. The summed E-state index contributed by atoms with van der Waals surface area (Å²) in [6, 6.07) is 14.9. The van der Waals surface area contributed by atoms with Crippen molar-refractivity contribution in [2.75, 3.05) is 62.7 Å². The Morgan fingerprint density at radius 2 is 1.85 bits per heavy atom. The molecule has 7 aliphatic rings. The molecule has 1 spiro atoms. The van der Waals surface area contributed by atoms with Crippen LogP contribution in [-0.4, -0.2) is 88.9 Å². The van der Waals surface area contributed by atoms with Gasteiger partial charge in [-0.25, -0.2) is 4.98 Å². The van der Waals surface area contributed by atoms with Crippen molar-refractivity contribution in [3.63, 3.8) is 0 Å². The lowest BCUT2D eigenvalue weighted by molar-refractivity contribution is -0.384. The number of nitrogens with zero attached hydrogens (tertiary/aromatic N) is 4. The molecule has 14 heteroatoms. The van der Waals surface area contributed by atoms with Crippen LogP contribution in [0.4, 0.5) is 17.1 Å². The van der Waals surface area contributed by atoms with E-state index in [2.05, 4.69) is 43.7 Å². The van der Waals surface area contributed by atoms with Crippen LogP contribution >= 0.6 is 22.3 Å². The van der Waals surface area contributed by atoms with Crippen molar-refractivity contribution in [1.82, 2.24) is 19.6 Å². The Labute approximate surface area is 390 Å². The maximum absolute atomic E-state index is 14.3. The first kappa shape index (κ1) is 44.4. The Balaban J connectivity index is 0.838. The number of nitro benzene ring substituents is 1. The number of pyridine rings is 1. The second-order valence-corrected chi connectivity index (χ2v) is 23.0. The van der Waals surface area contributed by atoms with Crippen molar-refractivity contribution in [3.8, 4) is 11.5 Å². The average molecular weight is 923 g/mol. The molecule has 1 unspecified atom stereocenters. The number of aromatic amines is 1. The number of ether oxygens (including phenoxy) is 2. The zero-order chi connectivity index (χ0) is 44.9. The van der Waals surface area contributed by atoms with Crippen LogP contribution < -0.4 is 19.7 Å². The Bertz CT molecular complexity index is 2490. The summed E-state index contributed by atoms with van der Waals surface area (Å²) in [7, 11) is -0.934. The van der Waals surface area contributed by atoms with E-state index in [9.17, 15) is 14.9 Å². The van der Waals surface area contributed by atoms with E-state index in [-0.39, 0.29) is 16.5 Å². The van der Waals surface area contributed by atoms with E-state index in [0.29, 0.717) is 62.2 Å². The van der Waals surface area contributed by atoms with Gasteiger partial charge in [0.15, 0.2) is 0 Å². The molecule has 4 saturated carbocycles. The minimum atomic E-state index is -0.934. The number of nitro groups is 1. The van der Waals surface area contributed by atoms with Crippen molar-refractivity contribution < 1.29 is 19.2 Å². The SMILES string of the molecule is CC=S(NC(=O)c1ccc(N2CCN(CC3=C([C@@H]4C[C@H](Cl)C5CC4C5)CC(C)(C)CC3)CC2)cc1Oc1cnc2[nH]ccc2c1)c1ccc(NCC2CC3(CCOCC3)C2)c([N+](=O)[O-])c1. The summed E-state index contributed by atoms with van der Waals surface area (Å²) < 4.78 is 15.3. The predicted molar refractivity (Wildman–Crippen MR) is 262 cm³/mol. The van der Waals surface area contributed by atoms with Crippen molar-refractivity contribution in [2.45, 2.75) is 95.3 Å². The summed E-state index contributed by atoms with van der Waals surface area (Å²) in [5.74, 6) is 3.31. The number of fused-ring (bicyclic) bond motifs is 3. The van der Waals surface area contributed by atoms with Gasteiger partial charge in [-0.15, -0.1) is 11.6 Å². The lowest BCUT2D eigenvalue weighted by atomic mass is 9.55. The molecule has 0 radical (unpaired) electrons. The van der Waals surface area contributed by atoms with Crippen molar-refractivity contribution in [3.05, 3.63) is 87.7 Å². The number of alkyl halides is 1. The number of halogens is 1. The van der Waals surface area contributed by atoms with Gasteiger partial charge < -0.3 is 24.7 Å². The van der Waals surface area contributed by atoms with Crippen molar-refractivity contribution in [1.29, 1.82) is 0 Å². The summed E-state index contributed by atoms with van der Waals surface area (Å²) in [5, 5.41) is 18.9. The van der Waals surface area contributed by atoms with E-state index < -0.39 is 10.7 Å². The number of H-pyrrole nitrogens is 1. The second kappa shape index (κ2) is 18.3. The monoisotopic (exact) mass is 921 g/mol. The van der Waals surface area contributed by atoms with Crippen molar-refractivity contribution in [2.24, 2.45) is 34.5 Å². The van der Waals surface area contributed by atoms with E-state index in [1.807, 2.05) is 54.9 Å². The molecule has 2 aromatic carbocycles. The largest absolute Gasteiger partial charge is 0.455 e. The molecule has 4 heterocycles.